The number of Topliss-reactive ketones (excluding diaryl/α,β-unsaturated/α-hetero) is 1. The zero-order valence-corrected chi connectivity index (χ0v) is 12.8. The summed E-state index contributed by atoms with van der Waals surface area (Å²) in [7, 11) is 0. The molecule has 1 saturated carbocycles. The Hall–Kier alpha value is -1.64. The minimum atomic E-state index is 0.340. The van der Waals surface area contributed by atoms with Crippen LogP contribution in [0.4, 0.5) is 0 Å². The summed E-state index contributed by atoms with van der Waals surface area (Å²) in [5.74, 6) is 2.06. The minimum Gasteiger partial charge on any atom is -0.328 e. The number of imidazole rings is 1. The SMILES string of the molecule is CCn1c(CC(=O)CCC2CCCC2)nc2ccccc21. The fourth-order valence-electron chi connectivity index (χ4n) is 3.54. The molecule has 21 heavy (non-hydrogen) atoms. The van der Waals surface area contributed by atoms with Gasteiger partial charge in [-0.1, -0.05) is 37.8 Å². The van der Waals surface area contributed by atoms with Crippen LogP contribution in [0.15, 0.2) is 24.3 Å². The van der Waals surface area contributed by atoms with Gasteiger partial charge >= 0.3 is 0 Å². The first-order valence-electron chi connectivity index (χ1n) is 8.23. The van der Waals surface area contributed by atoms with Gasteiger partial charge in [0, 0.05) is 13.0 Å². The van der Waals surface area contributed by atoms with Crippen LogP contribution in [0.2, 0.25) is 0 Å². The molecule has 1 aliphatic carbocycles. The maximum Gasteiger partial charge on any atom is 0.140 e. The molecule has 0 bridgehead atoms. The molecule has 1 fully saturated rings. The van der Waals surface area contributed by atoms with E-state index in [2.05, 4.69) is 22.5 Å². The Morgan fingerprint density at radius 1 is 1.29 bits per heavy atom. The average Bonchev–Trinajstić information content (AvgIpc) is 3.12. The van der Waals surface area contributed by atoms with E-state index in [-0.39, 0.29) is 0 Å². The van der Waals surface area contributed by atoms with Gasteiger partial charge < -0.3 is 4.57 Å². The number of hydrogen-bond acceptors (Lipinski definition) is 2. The van der Waals surface area contributed by atoms with E-state index in [1.165, 1.54) is 25.7 Å². The molecule has 0 radical (unpaired) electrons. The molecule has 1 aromatic heterocycles. The van der Waals surface area contributed by atoms with Gasteiger partial charge in [-0.15, -0.1) is 0 Å². The highest BCUT2D eigenvalue weighted by Gasteiger charge is 2.18. The molecule has 112 valence electrons. The molecule has 0 aliphatic heterocycles. The Balaban J connectivity index is 1.67. The third kappa shape index (κ3) is 3.17. The average molecular weight is 284 g/mol. The van der Waals surface area contributed by atoms with E-state index in [1.807, 2.05) is 18.2 Å². The monoisotopic (exact) mass is 284 g/mol. The van der Waals surface area contributed by atoms with Crippen LogP contribution < -0.4 is 0 Å². The summed E-state index contributed by atoms with van der Waals surface area (Å²) in [5.41, 5.74) is 2.14. The van der Waals surface area contributed by atoms with Gasteiger partial charge in [0.1, 0.15) is 11.6 Å². The van der Waals surface area contributed by atoms with Crippen LogP contribution in [0.25, 0.3) is 11.0 Å². The summed E-state index contributed by atoms with van der Waals surface area (Å²) >= 11 is 0. The Bertz CT molecular complexity index is 623. The van der Waals surface area contributed by atoms with Crippen LogP contribution in [0.1, 0.15) is 51.3 Å². The van der Waals surface area contributed by atoms with Gasteiger partial charge in [0.05, 0.1) is 17.5 Å². The highest BCUT2D eigenvalue weighted by Crippen LogP contribution is 2.28. The smallest absolute Gasteiger partial charge is 0.140 e. The first-order chi connectivity index (χ1) is 10.3. The molecular weight excluding hydrogens is 260 g/mol. The minimum absolute atomic E-state index is 0.340. The van der Waals surface area contributed by atoms with Gasteiger partial charge in [-0.05, 0) is 31.4 Å². The zero-order valence-electron chi connectivity index (χ0n) is 12.8. The van der Waals surface area contributed by atoms with Crippen molar-refractivity contribution in [1.29, 1.82) is 0 Å². The third-order valence-electron chi connectivity index (χ3n) is 4.71. The lowest BCUT2D eigenvalue weighted by atomic mass is 9.99. The second-order valence-corrected chi connectivity index (χ2v) is 6.17. The molecule has 0 N–H and O–H groups in total. The van der Waals surface area contributed by atoms with Crippen LogP contribution in [0.5, 0.6) is 0 Å². The fraction of sp³-hybridized carbons (Fsp3) is 0.556. The number of ketones is 1. The molecule has 0 unspecified atom stereocenters. The summed E-state index contributed by atoms with van der Waals surface area (Å²) in [4.78, 5) is 16.9. The highest BCUT2D eigenvalue weighted by atomic mass is 16.1. The van der Waals surface area contributed by atoms with Crippen LogP contribution >= 0.6 is 0 Å². The number of aryl methyl sites for hydroxylation is 1. The number of hydrogen-bond donors (Lipinski definition) is 0. The summed E-state index contributed by atoms with van der Waals surface area (Å²) in [5, 5.41) is 0. The van der Waals surface area contributed by atoms with Crippen molar-refractivity contribution in [3.63, 3.8) is 0 Å². The summed E-state index contributed by atoms with van der Waals surface area (Å²) in [6, 6.07) is 8.13. The van der Waals surface area contributed by atoms with E-state index in [0.29, 0.717) is 12.2 Å². The molecule has 0 atom stereocenters. The molecule has 3 rings (SSSR count). The Morgan fingerprint density at radius 3 is 2.81 bits per heavy atom. The molecule has 3 nitrogen and oxygen atoms in total. The van der Waals surface area contributed by atoms with Gasteiger partial charge in [-0.2, -0.15) is 0 Å². The Morgan fingerprint density at radius 2 is 2.05 bits per heavy atom. The number of fused-ring (bicyclic) bond motifs is 1. The number of carbonyl (C=O) groups excluding carboxylic acids is 1. The highest BCUT2D eigenvalue weighted by molar-refractivity contribution is 5.82. The predicted molar refractivity (Wildman–Crippen MR) is 85.3 cm³/mol. The van der Waals surface area contributed by atoms with Crippen LogP contribution in [0.3, 0.4) is 0 Å². The summed E-state index contributed by atoms with van der Waals surface area (Å²) in [6.07, 6.45) is 7.62. The van der Waals surface area contributed by atoms with Gasteiger partial charge in [0.25, 0.3) is 0 Å². The van der Waals surface area contributed by atoms with Gasteiger partial charge in [-0.3, -0.25) is 4.79 Å². The number of nitrogens with zero attached hydrogens (tertiary/aromatic N) is 2. The van der Waals surface area contributed by atoms with E-state index >= 15 is 0 Å². The quantitative estimate of drug-likeness (QED) is 0.799. The molecule has 1 aromatic carbocycles. The number of aromatic nitrogens is 2. The third-order valence-corrected chi connectivity index (χ3v) is 4.71. The number of para-hydroxylation sites is 2. The fourth-order valence-corrected chi connectivity index (χ4v) is 3.54. The molecule has 1 aliphatic rings. The maximum absolute atomic E-state index is 12.3. The lowest BCUT2D eigenvalue weighted by Gasteiger charge is -2.08. The van der Waals surface area contributed by atoms with E-state index in [0.717, 1.165) is 42.2 Å². The van der Waals surface area contributed by atoms with Crippen molar-refractivity contribution in [2.75, 3.05) is 0 Å². The largest absolute Gasteiger partial charge is 0.328 e. The van der Waals surface area contributed by atoms with E-state index in [9.17, 15) is 4.79 Å². The molecule has 0 spiro atoms. The zero-order chi connectivity index (χ0) is 14.7. The van der Waals surface area contributed by atoms with Crippen molar-refractivity contribution in [2.45, 2.75) is 58.4 Å². The van der Waals surface area contributed by atoms with Gasteiger partial charge in [0.2, 0.25) is 0 Å². The number of benzene rings is 1. The van der Waals surface area contributed by atoms with Crippen molar-refractivity contribution in [3.05, 3.63) is 30.1 Å². The lowest BCUT2D eigenvalue weighted by molar-refractivity contribution is -0.118. The normalized spacial score (nSPS) is 15.9. The second-order valence-electron chi connectivity index (χ2n) is 6.17. The van der Waals surface area contributed by atoms with Crippen molar-refractivity contribution in [1.82, 2.24) is 9.55 Å². The van der Waals surface area contributed by atoms with E-state index in [4.69, 9.17) is 0 Å². The Kier molecular flexibility index (Phi) is 4.37. The predicted octanol–water partition coefficient (Wildman–Crippen LogP) is 4.14. The van der Waals surface area contributed by atoms with Gasteiger partial charge in [0.15, 0.2) is 0 Å². The van der Waals surface area contributed by atoms with Crippen molar-refractivity contribution >= 4 is 16.8 Å². The summed E-state index contributed by atoms with van der Waals surface area (Å²) in [6.45, 7) is 2.98. The van der Waals surface area contributed by atoms with Gasteiger partial charge in [-0.25, -0.2) is 4.98 Å². The molecule has 2 aromatic rings. The molecule has 0 amide bonds. The van der Waals surface area contributed by atoms with E-state index < -0.39 is 0 Å². The van der Waals surface area contributed by atoms with Crippen LogP contribution in [0, 0.1) is 5.92 Å². The molecule has 1 heterocycles. The number of rotatable bonds is 6. The van der Waals surface area contributed by atoms with Crippen molar-refractivity contribution in [2.24, 2.45) is 5.92 Å². The Labute approximate surface area is 126 Å². The number of carbonyl (C=O) groups is 1. The maximum atomic E-state index is 12.3. The van der Waals surface area contributed by atoms with Crippen molar-refractivity contribution < 1.29 is 4.79 Å². The standard InChI is InChI=1S/C18H24N2O/c1-2-20-17-10-6-5-9-16(17)19-18(20)13-15(21)12-11-14-7-3-4-8-14/h5-6,9-10,14H,2-4,7-8,11-13H2,1H3. The van der Waals surface area contributed by atoms with Crippen molar-refractivity contribution in [3.8, 4) is 0 Å². The van der Waals surface area contributed by atoms with E-state index in [1.54, 1.807) is 0 Å². The molecule has 3 heteroatoms. The first kappa shape index (κ1) is 14.3. The first-order valence-corrected chi connectivity index (χ1v) is 8.23. The molecule has 0 saturated heterocycles. The topological polar surface area (TPSA) is 34.9 Å². The lowest BCUT2D eigenvalue weighted by Crippen LogP contribution is -2.10. The van der Waals surface area contributed by atoms with Crippen LogP contribution in [-0.2, 0) is 17.8 Å². The second kappa shape index (κ2) is 6.42. The molecular formula is C18H24N2O. The van der Waals surface area contributed by atoms with Crippen LogP contribution in [-0.4, -0.2) is 15.3 Å². The summed E-state index contributed by atoms with van der Waals surface area (Å²) < 4.78 is 2.17.